The van der Waals surface area contributed by atoms with Gasteiger partial charge in [0.05, 0.1) is 6.54 Å². The molecule has 0 fully saturated rings. The quantitative estimate of drug-likeness (QED) is 0.735. The van der Waals surface area contributed by atoms with Crippen LogP contribution in [0.3, 0.4) is 0 Å². The monoisotopic (exact) mass is 315 g/mol. The average molecular weight is 316 g/mol. The Kier molecular flexibility index (Phi) is 7.77. The van der Waals surface area contributed by atoms with Crippen molar-refractivity contribution >= 4 is 22.0 Å². The largest absolute Gasteiger partial charge is 0.444 e. The summed E-state index contributed by atoms with van der Waals surface area (Å²) in [4.78, 5) is 13.7. The molecular formula is C14H22BrNO2. The van der Waals surface area contributed by atoms with Crippen molar-refractivity contribution in [2.45, 2.75) is 46.6 Å². The van der Waals surface area contributed by atoms with Gasteiger partial charge in [-0.25, -0.2) is 4.79 Å². The number of amides is 1. The second-order valence-electron chi connectivity index (χ2n) is 4.81. The number of carbonyl (C=O) groups excluding carboxylic acids is 1. The van der Waals surface area contributed by atoms with Gasteiger partial charge < -0.3 is 9.64 Å². The number of ether oxygens (including phenoxy) is 1. The first-order valence-corrected chi connectivity index (χ1v) is 6.77. The molecule has 3 nitrogen and oxygen atoms in total. The molecule has 102 valence electrons. The summed E-state index contributed by atoms with van der Waals surface area (Å²) in [6, 6.07) is 0. The Bertz CT molecular complexity index is 358. The minimum Gasteiger partial charge on any atom is -0.444 e. The molecule has 0 bridgehead atoms. The van der Waals surface area contributed by atoms with Crippen molar-refractivity contribution in [2.75, 3.05) is 13.1 Å². The van der Waals surface area contributed by atoms with Crippen LogP contribution in [0.2, 0.25) is 0 Å². The molecule has 0 spiro atoms. The van der Waals surface area contributed by atoms with Crippen molar-refractivity contribution in [3.63, 3.8) is 0 Å². The van der Waals surface area contributed by atoms with E-state index in [0.29, 0.717) is 19.5 Å². The van der Waals surface area contributed by atoms with Crippen LogP contribution in [0.25, 0.3) is 0 Å². The molecule has 0 radical (unpaired) electrons. The number of allylic oxidation sites excluding steroid dienone is 1. The van der Waals surface area contributed by atoms with E-state index in [1.54, 1.807) is 11.8 Å². The Morgan fingerprint density at radius 2 is 2.06 bits per heavy atom. The molecule has 0 rings (SSSR count). The zero-order chi connectivity index (χ0) is 14.2. The van der Waals surface area contributed by atoms with Crippen molar-refractivity contribution in [3.8, 4) is 11.8 Å². The Morgan fingerprint density at radius 1 is 1.44 bits per heavy atom. The highest BCUT2D eigenvalue weighted by atomic mass is 79.9. The van der Waals surface area contributed by atoms with Crippen molar-refractivity contribution in [1.82, 2.24) is 4.90 Å². The topological polar surface area (TPSA) is 29.5 Å². The fourth-order valence-corrected chi connectivity index (χ4v) is 1.45. The van der Waals surface area contributed by atoms with Crippen molar-refractivity contribution < 1.29 is 9.53 Å². The third-order valence-electron chi connectivity index (χ3n) is 1.99. The molecule has 0 heterocycles. The maximum atomic E-state index is 12.0. The minimum absolute atomic E-state index is 0.306. The molecule has 0 aliphatic rings. The molecule has 0 saturated carbocycles. The minimum atomic E-state index is -0.478. The SMILES string of the molecule is CC#CCCN(C/C(Br)=C/C)C(=O)OC(C)(C)C. The second kappa shape index (κ2) is 8.20. The number of hydrogen-bond donors (Lipinski definition) is 0. The molecule has 1 amide bonds. The fraction of sp³-hybridized carbons (Fsp3) is 0.643. The van der Waals surface area contributed by atoms with Crippen LogP contribution in [-0.4, -0.2) is 29.7 Å². The summed E-state index contributed by atoms with van der Waals surface area (Å²) in [6.45, 7) is 10.4. The van der Waals surface area contributed by atoms with Crippen molar-refractivity contribution in [2.24, 2.45) is 0 Å². The number of hydrogen-bond acceptors (Lipinski definition) is 2. The molecule has 4 heteroatoms. The molecule has 0 aromatic heterocycles. The third kappa shape index (κ3) is 8.19. The first-order chi connectivity index (χ1) is 8.30. The molecule has 0 N–H and O–H groups in total. The van der Waals surface area contributed by atoms with E-state index in [9.17, 15) is 4.79 Å². The molecule has 18 heavy (non-hydrogen) atoms. The van der Waals surface area contributed by atoms with Crippen LogP contribution in [0.15, 0.2) is 10.6 Å². The van der Waals surface area contributed by atoms with Crippen LogP contribution in [0.5, 0.6) is 0 Å². The maximum absolute atomic E-state index is 12.0. The van der Waals surface area contributed by atoms with Gasteiger partial charge in [0.1, 0.15) is 5.60 Å². The van der Waals surface area contributed by atoms with Gasteiger partial charge in [0.25, 0.3) is 0 Å². The molecule has 0 saturated heterocycles. The molecule has 0 aromatic rings. The van der Waals surface area contributed by atoms with E-state index in [1.807, 2.05) is 33.8 Å². The van der Waals surface area contributed by atoms with Gasteiger partial charge in [-0.1, -0.05) is 22.0 Å². The lowest BCUT2D eigenvalue weighted by atomic mass is 10.2. The van der Waals surface area contributed by atoms with E-state index in [1.165, 1.54) is 0 Å². The van der Waals surface area contributed by atoms with Gasteiger partial charge in [-0.2, -0.15) is 0 Å². The number of nitrogens with zero attached hydrogens (tertiary/aromatic N) is 1. The van der Waals surface area contributed by atoms with Crippen molar-refractivity contribution in [1.29, 1.82) is 0 Å². The van der Waals surface area contributed by atoms with Crippen molar-refractivity contribution in [3.05, 3.63) is 10.6 Å². The summed E-state index contributed by atoms with van der Waals surface area (Å²) in [5.41, 5.74) is -0.478. The molecule has 0 atom stereocenters. The standard InChI is InChI=1S/C14H22BrNO2/c1-6-8-9-10-16(11-12(15)7-2)13(17)18-14(3,4)5/h7H,9-11H2,1-5H3/b12-7-. The zero-order valence-corrected chi connectivity index (χ0v) is 13.4. The Morgan fingerprint density at radius 3 is 2.50 bits per heavy atom. The summed E-state index contributed by atoms with van der Waals surface area (Å²) >= 11 is 3.41. The second-order valence-corrected chi connectivity index (χ2v) is 5.83. The summed E-state index contributed by atoms with van der Waals surface area (Å²) in [5.74, 6) is 5.78. The van der Waals surface area contributed by atoms with E-state index in [2.05, 4.69) is 27.8 Å². The molecule has 0 aromatic carbocycles. The molecule has 0 aliphatic heterocycles. The predicted octanol–water partition coefficient (Wildman–Crippen LogP) is 3.94. The van der Waals surface area contributed by atoms with E-state index in [4.69, 9.17) is 4.74 Å². The van der Waals surface area contributed by atoms with Gasteiger partial charge in [-0.05, 0) is 34.6 Å². The zero-order valence-electron chi connectivity index (χ0n) is 11.8. The summed E-state index contributed by atoms with van der Waals surface area (Å²) < 4.78 is 6.32. The lowest BCUT2D eigenvalue weighted by Gasteiger charge is -2.27. The summed E-state index contributed by atoms with van der Waals surface area (Å²) in [7, 11) is 0. The van der Waals surface area contributed by atoms with Crippen LogP contribution in [0.4, 0.5) is 4.79 Å². The predicted molar refractivity (Wildman–Crippen MR) is 78.6 cm³/mol. The number of halogens is 1. The van der Waals surface area contributed by atoms with Gasteiger partial charge in [0.2, 0.25) is 0 Å². The lowest BCUT2D eigenvalue weighted by molar-refractivity contribution is 0.0274. The normalized spacial score (nSPS) is 11.6. The highest BCUT2D eigenvalue weighted by molar-refractivity contribution is 9.11. The van der Waals surface area contributed by atoms with Gasteiger partial charge in [0, 0.05) is 17.4 Å². The van der Waals surface area contributed by atoms with Gasteiger partial charge in [-0.3, -0.25) is 0 Å². The first kappa shape index (κ1) is 17.1. The Labute approximate surface area is 119 Å². The summed E-state index contributed by atoms with van der Waals surface area (Å²) in [6.07, 6.45) is 2.27. The fourth-order valence-electron chi connectivity index (χ4n) is 1.15. The van der Waals surface area contributed by atoms with Crippen LogP contribution in [0, 0.1) is 11.8 Å². The van der Waals surface area contributed by atoms with Gasteiger partial charge >= 0.3 is 6.09 Å². The van der Waals surface area contributed by atoms with E-state index < -0.39 is 5.60 Å². The number of rotatable bonds is 4. The van der Waals surface area contributed by atoms with Gasteiger partial charge in [-0.15, -0.1) is 11.8 Å². The lowest BCUT2D eigenvalue weighted by Crippen LogP contribution is -2.38. The van der Waals surface area contributed by atoms with Gasteiger partial charge in [0.15, 0.2) is 0 Å². The average Bonchev–Trinajstić information content (AvgIpc) is 2.25. The number of carbonyl (C=O) groups is 1. The van der Waals surface area contributed by atoms with Crippen LogP contribution < -0.4 is 0 Å². The first-order valence-electron chi connectivity index (χ1n) is 5.98. The van der Waals surface area contributed by atoms with Crippen LogP contribution in [0.1, 0.15) is 41.0 Å². The molecule has 0 unspecified atom stereocenters. The van der Waals surface area contributed by atoms with E-state index in [0.717, 1.165) is 4.48 Å². The van der Waals surface area contributed by atoms with Crippen LogP contribution >= 0.6 is 15.9 Å². The smallest absolute Gasteiger partial charge is 0.410 e. The van der Waals surface area contributed by atoms with Crippen LogP contribution in [-0.2, 0) is 4.74 Å². The highest BCUT2D eigenvalue weighted by Gasteiger charge is 2.21. The summed E-state index contributed by atoms with van der Waals surface area (Å²) in [5, 5.41) is 0. The highest BCUT2D eigenvalue weighted by Crippen LogP contribution is 2.13. The molecular weight excluding hydrogens is 294 g/mol. The Hall–Kier alpha value is -0.950. The Balaban J connectivity index is 4.61. The van der Waals surface area contributed by atoms with E-state index >= 15 is 0 Å². The maximum Gasteiger partial charge on any atom is 0.410 e. The third-order valence-corrected chi connectivity index (χ3v) is 2.70. The molecule has 0 aliphatic carbocycles. The van der Waals surface area contributed by atoms with E-state index in [-0.39, 0.29) is 6.09 Å².